The molecule has 0 saturated heterocycles. The number of carbonyl (C=O) groups is 1. The van der Waals surface area contributed by atoms with Gasteiger partial charge in [0.1, 0.15) is 11.5 Å². The zero-order valence-electron chi connectivity index (χ0n) is 11.4. The van der Waals surface area contributed by atoms with Crippen LogP contribution in [0.2, 0.25) is 0 Å². The predicted octanol–water partition coefficient (Wildman–Crippen LogP) is 2.41. The fraction of sp³-hybridized carbons (Fsp3) is 0.500. The summed E-state index contributed by atoms with van der Waals surface area (Å²) < 4.78 is 11.0. The lowest BCUT2D eigenvalue weighted by molar-refractivity contribution is -0.118. The zero-order chi connectivity index (χ0) is 13.8. The Labute approximate surface area is 113 Å². The number of benzene rings is 1. The van der Waals surface area contributed by atoms with Crippen LogP contribution in [0.15, 0.2) is 12.1 Å². The van der Waals surface area contributed by atoms with Crippen LogP contribution in [0.1, 0.15) is 26.7 Å². The summed E-state index contributed by atoms with van der Waals surface area (Å²) >= 11 is 0. The quantitative estimate of drug-likeness (QED) is 0.801. The van der Waals surface area contributed by atoms with E-state index in [4.69, 9.17) is 15.2 Å². The Kier molecular flexibility index (Phi) is 4.14. The third kappa shape index (κ3) is 3.30. The number of nitrogen functional groups attached to an aromatic ring is 1. The number of anilines is 2. The van der Waals surface area contributed by atoms with Gasteiger partial charge in [0, 0.05) is 12.1 Å². The predicted molar refractivity (Wildman–Crippen MR) is 74.5 cm³/mol. The van der Waals surface area contributed by atoms with Crippen molar-refractivity contribution in [3.8, 4) is 11.5 Å². The first-order chi connectivity index (χ1) is 9.10. The molecule has 2 rings (SSSR count). The topological polar surface area (TPSA) is 73.6 Å². The molecule has 1 aromatic rings. The average molecular weight is 264 g/mol. The van der Waals surface area contributed by atoms with Gasteiger partial charge in [-0.05, 0) is 12.3 Å². The number of hydrogen-bond donors (Lipinski definition) is 2. The van der Waals surface area contributed by atoms with E-state index < -0.39 is 0 Å². The summed E-state index contributed by atoms with van der Waals surface area (Å²) in [5, 5.41) is 2.74. The summed E-state index contributed by atoms with van der Waals surface area (Å²) in [6.07, 6.45) is 2.25. The molecular formula is C14H20N2O3. The number of nitrogens with one attached hydrogen (secondary N) is 1. The summed E-state index contributed by atoms with van der Waals surface area (Å²) in [5.74, 6) is 1.49. The molecule has 5 heteroatoms. The normalized spacial score (nSPS) is 15.2. The van der Waals surface area contributed by atoms with E-state index in [-0.39, 0.29) is 12.5 Å². The number of nitrogens with two attached hydrogens (primary N) is 1. The summed E-state index contributed by atoms with van der Waals surface area (Å²) in [5.41, 5.74) is 7.06. The smallest absolute Gasteiger partial charge is 0.262 e. The SMILES string of the molecule is CCCC(C)COc1cc2c(cc1N)OCC(=O)N2. The molecule has 1 aromatic carbocycles. The van der Waals surface area contributed by atoms with Crippen LogP contribution in [0.5, 0.6) is 11.5 Å². The molecule has 0 radical (unpaired) electrons. The van der Waals surface area contributed by atoms with Gasteiger partial charge in [0.05, 0.1) is 18.0 Å². The molecule has 0 fully saturated rings. The Bertz CT molecular complexity index is 474. The lowest BCUT2D eigenvalue weighted by Crippen LogP contribution is -2.25. The third-order valence-corrected chi connectivity index (χ3v) is 3.05. The number of rotatable bonds is 5. The number of carbonyl (C=O) groups excluding carboxylic acids is 1. The van der Waals surface area contributed by atoms with E-state index in [0.29, 0.717) is 35.4 Å². The van der Waals surface area contributed by atoms with Crippen molar-refractivity contribution in [3.05, 3.63) is 12.1 Å². The summed E-state index contributed by atoms with van der Waals surface area (Å²) in [4.78, 5) is 11.3. The van der Waals surface area contributed by atoms with Gasteiger partial charge < -0.3 is 20.5 Å². The second-order valence-corrected chi connectivity index (χ2v) is 4.93. The molecule has 1 heterocycles. The van der Waals surface area contributed by atoms with Crippen molar-refractivity contribution in [3.63, 3.8) is 0 Å². The van der Waals surface area contributed by atoms with Gasteiger partial charge in [0.2, 0.25) is 0 Å². The molecule has 0 aromatic heterocycles. The molecule has 0 saturated carbocycles. The van der Waals surface area contributed by atoms with Gasteiger partial charge in [-0.25, -0.2) is 0 Å². The van der Waals surface area contributed by atoms with E-state index in [2.05, 4.69) is 19.2 Å². The Morgan fingerprint density at radius 3 is 3.05 bits per heavy atom. The molecule has 1 atom stereocenters. The number of fused-ring (bicyclic) bond motifs is 1. The van der Waals surface area contributed by atoms with Crippen molar-refractivity contribution in [2.24, 2.45) is 5.92 Å². The maximum absolute atomic E-state index is 11.3. The van der Waals surface area contributed by atoms with Crippen LogP contribution >= 0.6 is 0 Å². The molecule has 1 aliphatic heterocycles. The van der Waals surface area contributed by atoms with Crippen molar-refractivity contribution in [2.45, 2.75) is 26.7 Å². The minimum Gasteiger partial charge on any atom is -0.491 e. The van der Waals surface area contributed by atoms with Crippen LogP contribution in [-0.4, -0.2) is 19.1 Å². The monoisotopic (exact) mass is 264 g/mol. The van der Waals surface area contributed by atoms with Crippen LogP contribution in [0.4, 0.5) is 11.4 Å². The van der Waals surface area contributed by atoms with Crippen LogP contribution in [0.3, 0.4) is 0 Å². The highest BCUT2D eigenvalue weighted by molar-refractivity contribution is 5.96. The Morgan fingerprint density at radius 1 is 1.53 bits per heavy atom. The average Bonchev–Trinajstić information content (AvgIpc) is 2.37. The van der Waals surface area contributed by atoms with Gasteiger partial charge >= 0.3 is 0 Å². The van der Waals surface area contributed by atoms with Crippen molar-refractivity contribution in [2.75, 3.05) is 24.3 Å². The summed E-state index contributed by atoms with van der Waals surface area (Å²) in [7, 11) is 0. The highest BCUT2D eigenvalue weighted by Gasteiger charge is 2.18. The lowest BCUT2D eigenvalue weighted by Gasteiger charge is -2.20. The van der Waals surface area contributed by atoms with E-state index in [1.165, 1.54) is 0 Å². The molecule has 1 amide bonds. The van der Waals surface area contributed by atoms with Gasteiger partial charge in [-0.15, -0.1) is 0 Å². The van der Waals surface area contributed by atoms with Crippen molar-refractivity contribution < 1.29 is 14.3 Å². The van der Waals surface area contributed by atoms with E-state index >= 15 is 0 Å². The van der Waals surface area contributed by atoms with Crippen molar-refractivity contribution in [1.82, 2.24) is 0 Å². The van der Waals surface area contributed by atoms with E-state index in [9.17, 15) is 4.79 Å². The molecule has 0 spiro atoms. The zero-order valence-corrected chi connectivity index (χ0v) is 11.4. The largest absolute Gasteiger partial charge is 0.491 e. The standard InChI is InChI=1S/C14H20N2O3/c1-3-4-9(2)7-18-12-6-11-13(5-10(12)15)19-8-14(17)16-11/h5-6,9H,3-4,7-8,15H2,1-2H3,(H,16,17). The lowest BCUT2D eigenvalue weighted by atomic mass is 10.1. The first-order valence-electron chi connectivity index (χ1n) is 6.59. The van der Waals surface area contributed by atoms with Gasteiger partial charge in [0.15, 0.2) is 6.61 Å². The number of amides is 1. The van der Waals surface area contributed by atoms with Crippen LogP contribution in [-0.2, 0) is 4.79 Å². The number of ether oxygens (including phenoxy) is 2. The third-order valence-electron chi connectivity index (χ3n) is 3.05. The molecule has 1 unspecified atom stereocenters. The number of hydrogen-bond acceptors (Lipinski definition) is 4. The molecule has 5 nitrogen and oxygen atoms in total. The maximum Gasteiger partial charge on any atom is 0.262 e. The van der Waals surface area contributed by atoms with E-state index in [0.717, 1.165) is 12.8 Å². The molecule has 0 aliphatic carbocycles. The Morgan fingerprint density at radius 2 is 2.32 bits per heavy atom. The molecule has 19 heavy (non-hydrogen) atoms. The molecule has 0 bridgehead atoms. The molecular weight excluding hydrogens is 244 g/mol. The first kappa shape index (κ1) is 13.5. The fourth-order valence-corrected chi connectivity index (χ4v) is 2.06. The van der Waals surface area contributed by atoms with E-state index in [1.54, 1.807) is 12.1 Å². The summed E-state index contributed by atoms with van der Waals surface area (Å²) in [6, 6.07) is 3.41. The van der Waals surface area contributed by atoms with Crippen molar-refractivity contribution in [1.29, 1.82) is 0 Å². The molecule has 1 aliphatic rings. The second kappa shape index (κ2) is 5.82. The van der Waals surface area contributed by atoms with Gasteiger partial charge in [-0.2, -0.15) is 0 Å². The summed E-state index contributed by atoms with van der Waals surface area (Å²) in [6.45, 7) is 4.94. The van der Waals surface area contributed by atoms with Crippen LogP contribution < -0.4 is 20.5 Å². The minimum absolute atomic E-state index is 0.0280. The van der Waals surface area contributed by atoms with Crippen LogP contribution in [0, 0.1) is 5.92 Å². The second-order valence-electron chi connectivity index (χ2n) is 4.93. The minimum atomic E-state index is -0.164. The first-order valence-corrected chi connectivity index (χ1v) is 6.59. The Balaban J connectivity index is 2.08. The highest BCUT2D eigenvalue weighted by Crippen LogP contribution is 2.36. The van der Waals surface area contributed by atoms with Gasteiger partial charge in [-0.3, -0.25) is 4.79 Å². The van der Waals surface area contributed by atoms with E-state index in [1.807, 2.05) is 0 Å². The van der Waals surface area contributed by atoms with Gasteiger partial charge in [-0.1, -0.05) is 20.3 Å². The maximum atomic E-state index is 11.3. The Hall–Kier alpha value is -1.91. The van der Waals surface area contributed by atoms with Crippen molar-refractivity contribution >= 4 is 17.3 Å². The van der Waals surface area contributed by atoms with Gasteiger partial charge in [0.25, 0.3) is 5.91 Å². The molecule has 104 valence electrons. The van der Waals surface area contributed by atoms with Crippen LogP contribution in [0.25, 0.3) is 0 Å². The highest BCUT2D eigenvalue weighted by atomic mass is 16.5. The molecule has 3 N–H and O–H groups in total. The fourth-order valence-electron chi connectivity index (χ4n) is 2.06.